The molecule has 0 bridgehead atoms. The van der Waals surface area contributed by atoms with Gasteiger partial charge in [0.2, 0.25) is 0 Å². The molecule has 0 spiro atoms. The summed E-state index contributed by atoms with van der Waals surface area (Å²) in [5.74, 6) is 1.52. The van der Waals surface area contributed by atoms with Crippen molar-refractivity contribution in [2.75, 3.05) is 7.11 Å². The molecule has 0 N–H and O–H groups in total. The van der Waals surface area contributed by atoms with Crippen molar-refractivity contribution in [3.05, 3.63) is 41.5 Å². The lowest BCUT2D eigenvalue weighted by Crippen LogP contribution is -1.92. The fourth-order valence-corrected chi connectivity index (χ4v) is 2.16. The van der Waals surface area contributed by atoms with Crippen molar-refractivity contribution >= 4 is 10.8 Å². The SMILES string of the molecule is COc1cc2cccc(C(C)C)c2cc1C. The normalized spacial score (nSPS) is 11.1. The minimum absolute atomic E-state index is 0.552. The summed E-state index contributed by atoms with van der Waals surface area (Å²) in [7, 11) is 1.72. The fraction of sp³-hybridized carbons (Fsp3) is 0.333. The first-order valence-corrected chi connectivity index (χ1v) is 5.70. The van der Waals surface area contributed by atoms with Crippen LogP contribution in [-0.2, 0) is 0 Å². The van der Waals surface area contributed by atoms with Gasteiger partial charge >= 0.3 is 0 Å². The van der Waals surface area contributed by atoms with Crippen molar-refractivity contribution in [3.63, 3.8) is 0 Å². The topological polar surface area (TPSA) is 9.23 Å². The van der Waals surface area contributed by atoms with Crippen LogP contribution in [0.5, 0.6) is 5.75 Å². The number of hydrogen-bond donors (Lipinski definition) is 0. The molecule has 0 heterocycles. The molecule has 0 unspecified atom stereocenters. The van der Waals surface area contributed by atoms with Gasteiger partial charge in [0.1, 0.15) is 5.75 Å². The Bertz CT molecular complexity index is 512. The predicted molar refractivity (Wildman–Crippen MR) is 69.3 cm³/mol. The van der Waals surface area contributed by atoms with Crippen molar-refractivity contribution in [1.29, 1.82) is 0 Å². The third-order valence-electron chi connectivity index (χ3n) is 3.05. The van der Waals surface area contributed by atoms with E-state index in [0.717, 1.165) is 5.75 Å². The van der Waals surface area contributed by atoms with Crippen molar-refractivity contribution in [1.82, 2.24) is 0 Å². The molecule has 1 nitrogen and oxygen atoms in total. The molecule has 2 aromatic rings. The Morgan fingerprint density at radius 2 is 1.88 bits per heavy atom. The number of hydrogen-bond acceptors (Lipinski definition) is 1. The van der Waals surface area contributed by atoms with E-state index in [9.17, 15) is 0 Å². The van der Waals surface area contributed by atoms with Crippen LogP contribution in [0.2, 0.25) is 0 Å². The summed E-state index contributed by atoms with van der Waals surface area (Å²) in [6.07, 6.45) is 0. The maximum atomic E-state index is 5.35. The van der Waals surface area contributed by atoms with Crippen LogP contribution in [0.15, 0.2) is 30.3 Å². The van der Waals surface area contributed by atoms with E-state index in [0.29, 0.717) is 5.92 Å². The van der Waals surface area contributed by atoms with E-state index < -0.39 is 0 Å². The molecule has 0 amide bonds. The van der Waals surface area contributed by atoms with Gasteiger partial charge in [-0.1, -0.05) is 32.0 Å². The fourth-order valence-electron chi connectivity index (χ4n) is 2.16. The van der Waals surface area contributed by atoms with Crippen molar-refractivity contribution < 1.29 is 4.74 Å². The minimum atomic E-state index is 0.552. The monoisotopic (exact) mass is 214 g/mol. The lowest BCUT2D eigenvalue weighted by Gasteiger charge is -2.12. The minimum Gasteiger partial charge on any atom is -0.496 e. The first-order valence-electron chi connectivity index (χ1n) is 5.70. The van der Waals surface area contributed by atoms with Gasteiger partial charge in [0.15, 0.2) is 0 Å². The van der Waals surface area contributed by atoms with Gasteiger partial charge in [0.25, 0.3) is 0 Å². The summed E-state index contributed by atoms with van der Waals surface area (Å²) in [5.41, 5.74) is 2.60. The van der Waals surface area contributed by atoms with Crippen LogP contribution in [0.4, 0.5) is 0 Å². The predicted octanol–water partition coefficient (Wildman–Crippen LogP) is 4.28. The van der Waals surface area contributed by atoms with Crippen LogP contribution in [-0.4, -0.2) is 7.11 Å². The molecule has 2 rings (SSSR count). The Balaban J connectivity index is 2.74. The van der Waals surface area contributed by atoms with Crippen molar-refractivity contribution in [3.8, 4) is 5.75 Å². The van der Waals surface area contributed by atoms with Crippen LogP contribution >= 0.6 is 0 Å². The van der Waals surface area contributed by atoms with Gasteiger partial charge in [-0.05, 0) is 46.9 Å². The second kappa shape index (κ2) is 4.17. The molecule has 16 heavy (non-hydrogen) atoms. The molecule has 2 aromatic carbocycles. The molecule has 0 fully saturated rings. The van der Waals surface area contributed by atoms with Crippen LogP contribution in [0.25, 0.3) is 10.8 Å². The molecular weight excluding hydrogens is 196 g/mol. The molecule has 0 saturated heterocycles. The summed E-state index contributed by atoms with van der Waals surface area (Å²) < 4.78 is 5.35. The zero-order valence-corrected chi connectivity index (χ0v) is 10.4. The van der Waals surface area contributed by atoms with Crippen LogP contribution in [0.1, 0.15) is 30.9 Å². The molecular formula is C15H18O. The number of methoxy groups -OCH3 is 1. The highest BCUT2D eigenvalue weighted by Crippen LogP contribution is 2.30. The first-order chi connectivity index (χ1) is 7.63. The summed E-state index contributed by atoms with van der Waals surface area (Å²) in [6, 6.07) is 10.8. The quantitative estimate of drug-likeness (QED) is 0.725. The summed E-state index contributed by atoms with van der Waals surface area (Å²) >= 11 is 0. The van der Waals surface area contributed by atoms with Crippen LogP contribution in [0, 0.1) is 6.92 Å². The van der Waals surface area contributed by atoms with E-state index in [4.69, 9.17) is 4.74 Å². The lowest BCUT2D eigenvalue weighted by molar-refractivity contribution is 0.412. The molecule has 0 atom stereocenters. The van der Waals surface area contributed by atoms with Crippen LogP contribution < -0.4 is 4.74 Å². The van der Waals surface area contributed by atoms with Gasteiger partial charge in [0, 0.05) is 0 Å². The maximum absolute atomic E-state index is 5.35. The Morgan fingerprint density at radius 1 is 1.12 bits per heavy atom. The Hall–Kier alpha value is -1.50. The Kier molecular flexibility index (Phi) is 2.86. The highest BCUT2D eigenvalue weighted by Gasteiger charge is 2.07. The third kappa shape index (κ3) is 1.78. The van der Waals surface area contributed by atoms with E-state index in [1.165, 1.54) is 21.9 Å². The maximum Gasteiger partial charge on any atom is 0.122 e. The van der Waals surface area contributed by atoms with E-state index in [1.54, 1.807) is 7.11 Å². The number of fused-ring (bicyclic) bond motifs is 1. The third-order valence-corrected chi connectivity index (χ3v) is 3.05. The number of aryl methyl sites for hydroxylation is 1. The van der Waals surface area contributed by atoms with E-state index in [2.05, 4.69) is 51.1 Å². The lowest BCUT2D eigenvalue weighted by atomic mass is 9.95. The largest absolute Gasteiger partial charge is 0.496 e. The average Bonchev–Trinajstić information content (AvgIpc) is 2.27. The van der Waals surface area contributed by atoms with Gasteiger partial charge in [0.05, 0.1) is 7.11 Å². The molecule has 0 aliphatic carbocycles. The summed E-state index contributed by atoms with van der Waals surface area (Å²) in [5, 5.41) is 2.60. The number of rotatable bonds is 2. The van der Waals surface area contributed by atoms with E-state index in [-0.39, 0.29) is 0 Å². The smallest absolute Gasteiger partial charge is 0.122 e. The van der Waals surface area contributed by atoms with E-state index >= 15 is 0 Å². The molecule has 0 aromatic heterocycles. The Labute approximate surface area is 97.1 Å². The molecule has 0 saturated carbocycles. The van der Waals surface area contributed by atoms with Gasteiger partial charge in [-0.15, -0.1) is 0 Å². The second-order valence-electron chi connectivity index (χ2n) is 4.54. The molecule has 84 valence electrons. The van der Waals surface area contributed by atoms with Gasteiger partial charge in [-0.25, -0.2) is 0 Å². The number of ether oxygens (including phenoxy) is 1. The molecule has 1 heteroatoms. The highest BCUT2D eigenvalue weighted by molar-refractivity contribution is 5.88. The second-order valence-corrected chi connectivity index (χ2v) is 4.54. The van der Waals surface area contributed by atoms with Gasteiger partial charge in [-0.3, -0.25) is 0 Å². The average molecular weight is 214 g/mol. The van der Waals surface area contributed by atoms with Crippen molar-refractivity contribution in [2.45, 2.75) is 26.7 Å². The van der Waals surface area contributed by atoms with Crippen molar-refractivity contribution in [2.24, 2.45) is 0 Å². The van der Waals surface area contributed by atoms with Gasteiger partial charge in [-0.2, -0.15) is 0 Å². The standard InChI is InChI=1S/C15H18O/c1-10(2)13-7-5-6-12-9-15(16-4)11(3)8-14(12)13/h5-10H,1-4H3. The summed E-state index contributed by atoms with van der Waals surface area (Å²) in [4.78, 5) is 0. The number of benzene rings is 2. The van der Waals surface area contributed by atoms with Crippen LogP contribution in [0.3, 0.4) is 0 Å². The molecule has 0 aliphatic heterocycles. The highest BCUT2D eigenvalue weighted by atomic mass is 16.5. The summed E-state index contributed by atoms with van der Waals surface area (Å²) in [6.45, 7) is 6.55. The Morgan fingerprint density at radius 3 is 2.50 bits per heavy atom. The molecule has 0 aliphatic rings. The zero-order chi connectivity index (χ0) is 11.7. The molecule has 0 radical (unpaired) electrons. The first kappa shape index (κ1) is 11.0. The van der Waals surface area contributed by atoms with E-state index in [1.807, 2.05) is 0 Å². The zero-order valence-electron chi connectivity index (χ0n) is 10.4. The van der Waals surface area contributed by atoms with Gasteiger partial charge < -0.3 is 4.74 Å².